The average molecular weight is 428 g/mol. The minimum Gasteiger partial charge on any atom is -0.497 e. The van der Waals surface area contributed by atoms with Crippen molar-refractivity contribution in [1.82, 2.24) is 15.0 Å². The van der Waals surface area contributed by atoms with Crippen LogP contribution >= 0.6 is 0 Å². The summed E-state index contributed by atoms with van der Waals surface area (Å²) in [7, 11) is 1.61. The van der Waals surface area contributed by atoms with Crippen molar-refractivity contribution in [3.05, 3.63) is 78.2 Å². The summed E-state index contributed by atoms with van der Waals surface area (Å²) in [4.78, 5) is 27.0. The highest BCUT2D eigenvalue weighted by Crippen LogP contribution is 2.32. The van der Waals surface area contributed by atoms with Gasteiger partial charge in [-0.3, -0.25) is 4.79 Å². The summed E-state index contributed by atoms with van der Waals surface area (Å²) in [6.07, 6.45) is 5.71. The third-order valence-corrected chi connectivity index (χ3v) is 6.02. The molecule has 0 spiro atoms. The molecule has 0 bridgehead atoms. The second-order valence-corrected chi connectivity index (χ2v) is 8.03. The zero-order valence-corrected chi connectivity index (χ0v) is 17.9. The second-order valence-electron chi connectivity index (χ2n) is 8.03. The van der Waals surface area contributed by atoms with Gasteiger partial charge in [0.2, 0.25) is 0 Å². The van der Waals surface area contributed by atoms with Gasteiger partial charge in [0, 0.05) is 36.5 Å². The summed E-state index contributed by atoms with van der Waals surface area (Å²) in [5.74, 6) is 1.94. The molecule has 1 amide bonds. The Balaban J connectivity index is 1.32. The number of H-pyrrole nitrogens is 1. The fourth-order valence-corrected chi connectivity index (χ4v) is 4.37. The largest absolute Gasteiger partial charge is 0.497 e. The van der Waals surface area contributed by atoms with Gasteiger partial charge in [0.25, 0.3) is 5.91 Å². The van der Waals surface area contributed by atoms with Crippen LogP contribution in [0.15, 0.2) is 67.1 Å². The number of rotatable bonds is 5. The van der Waals surface area contributed by atoms with E-state index in [-0.39, 0.29) is 5.91 Å². The molecular formula is C25H25N5O2. The van der Waals surface area contributed by atoms with Crippen molar-refractivity contribution < 1.29 is 9.53 Å². The summed E-state index contributed by atoms with van der Waals surface area (Å²) in [6, 6.07) is 17.3. The molecule has 0 aliphatic carbocycles. The molecule has 7 nitrogen and oxygen atoms in total. The Bertz CT molecular complexity index is 1230. The van der Waals surface area contributed by atoms with Crippen LogP contribution in [0.1, 0.15) is 34.7 Å². The van der Waals surface area contributed by atoms with Gasteiger partial charge in [-0.05, 0) is 60.9 Å². The summed E-state index contributed by atoms with van der Waals surface area (Å²) in [6.45, 7) is 1.86. The Morgan fingerprint density at radius 1 is 1.16 bits per heavy atom. The van der Waals surface area contributed by atoms with Crippen LogP contribution in [0.4, 0.5) is 11.5 Å². The zero-order valence-electron chi connectivity index (χ0n) is 17.9. The van der Waals surface area contributed by atoms with E-state index in [2.05, 4.69) is 37.3 Å². The molecular weight excluding hydrogens is 402 g/mol. The van der Waals surface area contributed by atoms with E-state index >= 15 is 0 Å². The third kappa shape index (κ3) is 4.01. The highest BCUT2D eigenvalue weighted by atomic mass is 16.5. The molecule has 2 aromatic carbocycles. The Morgan fingerprint density at radius 2 is 2.03 bits per heavy atom. The van der Waals surface area contributed by atoms with Gasteiger partial charge >= 0.3 is 0 Å². The molecule has 2 N–H and O–H groups in total. The van der Waals surface area contributed by atoms with Crippen LogP contribution in [-0.4, -0.2) is 41.1 Å². The van der Waals surface area contributed by atoms with E-state index < -0.39 is 0 Å². The van der Waals surface area contributed by atoms with E-state index in [9.17, 15) is 4.79 Å². The van der Waals surface area contributed by atoms with Crippen LogP contribution in [0.25, 0.3) is 11.0 Å². The lowest BCUT2D eigenvalue weighted by Gasteiger charge is -2.34. The van der Waals surface area contributed by atoms with Crippen LogP contribution in [-0.2, 0) is 0 Å². The zero-order chi connectivity index (χ0) is 21.9. The first-order chi connectivity index (χ1) is 15.7. The maximum absolute atomic E-state index is 12.7. The lowest BCUT2D eigenvalue weighted by molar-refractivity contribution is 0.102. The SMILES string of the molecule is COc1ccc(C(=O)Nc2cccc(C3CCCN(c4ncnc5[nH]ccc45)C3)c2)cc1. The molecule has 1 unspecified atom stereocenters. The number of amides is 1. The van der Waals surface area contributed by atoms with E-state index in [0.717, 1.165) is 54.2 Å². The minimum absolute atomic E-state index is 0.133. The predicted octanol–water partition coefficient (Wildman–Crippen LogP) is 4.60. The highest BCUT2D eigenvalue weighted by Gasteiger charge is 2.24. The molecule has 1 atom stereocenters. The first kappa shape index (κ1) is 20.1. The molecule has 0 radical (unpaired) electrons. The van der Waals surface area contributed by atoms with Crippen molar-refractivity contribution in [2.75, 3.05) is 30.4 Å². The number of aromatic nitrogens is 3. The van der Waals surface area contributed by atoms with Crippen molar-refractivity contribution in [2.45, 2.75) is 18.8 Å². The molecule has 1 aliphatic rings. The first-order valence-corrected chi connectivity index (χ1v) is 10.8. The Labute approximate surface area is 186 Å². The number of aromatic amines is 1. The fourth-order valence-electron chi connectivity index (χ4n) is 4.37. The van der Waals surface area contributed by atoms with Crippen LogP contribution in [0.2, 0.25) is 0 Å². The molecule has 1 aliphatic heterocycles. The molecule has 5 rings (SSSR count). The van der Waals surface area contributed by atoms with Gasteiger partial charge in [0.15, 0.2) is 0 Å². The topological polar surface area (TPSA) is 83.1 Å². The van der Waals surface area contributed by atoms with Gasteiger partial charge in [-0.2, -0.15) is 0 Å². The Morgan fingerprint density at radius 3 is 2.88 bits per heavy atom. The molecule has 32 heavy (non-hydrogen) atoms. The minimum atomic E-state index is -0.133. The van der Waals surface area contributed by atoms with Gasteiger partial charge in [-0.15, -0.1) is 0 Å². The van der Waals surface area contributed by atoms with E-state index in [1.54, 1.807) is 37.7 Å². The smallest absolute Gasteiger partial charge is 0.255 e. The van der Waals surface area contributed by atoms with Crippen molar-refractivity contribution in [1.29, 1.82) is 0 Å². The molecule has 0 saturated carbocycles. The summed E-state index contributed by atoms with van der Waals surface area (Å²) in [5, 5.41) is 4.07. The van der Waals surface area contributed by atoms with Crippen molar-refractivity contribution >= 4 is 28.4 Å². The Kier molecular flexibility index (Phi) is 5.46. The average Bonchev–Trinajstić information content (AvgIpc) is 3.33. The maximum atomic E-state index is 12.7. The van der Waals surface area contributed by atoms with E-state index in [4.69, 9.17) is 4.74 Å². The molecule has 1 saturated heterocycles. The number of benzene rings is 2. The quantitative estimate of drug-likeness (QED) is 0.486. The highest BCUT2D eigenvalue weighted by molar-refractivity contribution is 6.04. The molecule has 162 valence electrons. The van der Waals surface area contributed by atoms with Crippen LogP contribution in [0, 0.1) is 0 Å². The van der Waals surface area contributed by atoms with E-state index in [1.165, 1.54) is 5.56 Å². The van der Waals surface area contributed by atoms with E-state index in [1.807, 2.05) is 24.4 Å². The number of hydrogen-bond donors (Lipinski definition) is 2. The maximum Gasteiger partial charge on any atom is 0.255 e. The molecule has 1 fully saturated rings. The first-order valence-electron chi connectivity index (χ1n) is 10.8. The van der Waals surface area contributed by atoms with Gasteiger partial charge in [0.1, 0.15) is 23.5 Å². The predicted molar refractivity (Wildman–Crippen MR) is 125 cm³/mol. The lowest BCUT2D eigenvalue weighted by atomic mass is 9.90. The summed E-state index contributed by atoms with van der Waals surface area (Å²) in [5.41, 5.74) is 3.48. The van der Waals surface area contributed by atoms with Crippen LogP contribution < -0.4 is 15.0 Å². The summed E-state index contributed by atoms with van der Waals surface area (Å²) >= 11 is 0. The molecule has 4 aromatic rings. The molecule has 3 heterocycles. The Hall–Kier alpha value is -3.87. The van der Waals surface area contributed by atoms with Gasteiger partial charge in [-0.25, -0.2) is 9.97 Å². The normalized spacial score (nSPS) is 16.2. The van der Waals surface area contributed by atoms with Crippen LogP contribution in [0.3, 0.4) is 0 Å². The molecule has 7 heteroatoms. The summed E-state index contributed by atoms with van der Waals surface area (Å²) < 4.78 is 5.16. The number of ether oxygens (including phenoxy) is 1. The number of anilines is 2. The van der Waals surface area contributed by atoms with Gasteiger partial charge in [-0.1, -0.05) is 12.1 Å². The standard InChI is InChI=1S/C25H25N5O2/c1-32-21-9-7-17(8-10-21)25(31)29-20-6-2-4-18(14-20)19-5-3-13-30(15-19)24-22-11-12-26-23(22)27-16-28-24/h2,4,6-12,14,16,19H,3,5,13,15H2,1H3,(H,29,31)(H,26,27,28). The van der Waals surface area contributed by atoms with Crippen LogP contribution in [0.5, 0.6) is 5.75 Å². The molecule has 2 aromatic heterocycles. The number of methoxy groups -OCH3 is 1. The lowest BCUT2D eigenvalue weighted by Crippen LogP contribution is -2.35. The number of piperidine rings is 1. The monoisotopic (exact) mass is 427 g/mol. The van der Waals surface area contributed by atoms with Crippen molar-refractivity contribution in [2.24, 2.45) is 0 Å². The van der Waals surface area contributed by atoms with Gasteiger partial charge < -0.3 is 19.9 Å². The number of carbonyl (C=O) groups is 1. The second kappa shape index (κ2) is 8.70. The number of nitrogens with zero attached hydrogens (tertiary/aromatic N) is 3. The fraction of sp³-hybridized carbons (Fsp3) is 0.240. The number of hydrogen-bond acceptors (Lipinski definition) is 5. The van der Waals surface area contributed by atoms with Gasteiger partial charge in [0.05, 0.1) is 12.5 Å². The number of carbonyl (C=O) groups excluding carboxylic acids is 1. The van der Waals surface area contributed by atoms with Crippen molar-refractivity contribution in [3.8, 4) is 5.75 Å². The number of nitrogens with one attached hydrogen (secondary N) is 2. The van der Waals surface area contributed by atoms with Crippen molar-refractivity contribution in [3.63, 3.8) is 0 Å². The number of fused-ring (bicyclic) bond motifs is 1. The third-order valence-electron chi connectivity index (χ3n) is 6.02. The van der Waals surface area contributed by atoms with E-state index in [0.29, 0.717) is 11.5 Å².